The lowest BCUT2D eigenvalue weighted by Crippen LogP contribution is -2.17. The van der Waals surface area contributed by atoms with E-state index in [2.05, 4.69) is 26.5 Å². The molecule has 3 nitrogen and oxygen atoms in total. The molecule has 104 valence electrons. The van der Waals surface area contributed by atoms with E-state index >= 15 is 0 Å². The molecule has 0 aliphatic heterocycles. The Morgan fingerprint density at radius 3 is 2.71 bits per heavy atom. The highest BCUT2D eigenvalue weighted by molar-refractivity contribution is 9.11. The van der Waals surface area contributed by atoms with Crippen LogP contribution in [0.3, 0.4) is 0 Å². The molecule has 3 aromatic rings. The summed E-state index contributed by atoms with van der Waals surface area (Å²) in [7, 11) is 0. The number of halogens is 1. The van der Waals surface area contributed by atoms with Gasteiger partial charge in [-0.05, 0) is 44.9 Å². The second-order valence-corrected chi connectivity index (χ2v) is 6.86. The summed E-state index contributed by atoms with van der Waals surface area (Å²) in [6.07, 6.45) is 1.64. The lowest BCUT2D eigenvalue weighted by atomic mass is 10.0. The van der Waals surface area contributed by atoms with Gasteiger partial charge in [0, 0.05) is 10.4 Å². The number of carbonyl (C=O) groups is 1. The Balaban J connectivity index is 1.80. The molecule has 0 saturated carbocycles. The fraction of sp³-hybridized carbons (Fsp3) is 0. The van der Waals surface area contributed by atoms with Gasteiger partial charge in [-0.3, -0.25) is 4.79 Å². The van der Waals surface area contributed by atoms with E-state index in [-0.39, 0.29) is 5.91 Å². The molecule has 1 amide bonds. The number of carbonyl (C=O) groups excluding carboxylic acids is 1. The van der Waals surface area contributed by atoms with Crippen molar-refractivity contribution < 1.29 is 4.79 Å². The van der Waals surface area contributed by atoms with Gasteiger partial charge in [-0.2, -0.15) is 5.10 Å². The van der Waals surface area contributed by atoms with Crippen LogP contribution in [0.15, 0.2) is 63.5 Å². The Bertz CT molecular complexity index is 821. The molecule has 2 aromatic carbocycles. The number of thiophene rings is 1. The fourth-order valence-corrected chi connectivity index (χ4v) is 3.33. The molecule has 3 rings (SSSR count). The Kier molecular flexibility index (Phi) is 4.13. The van der Waals surface area contributed by atoms with Crippen LogP contribution < -0.4 is 5.43 Å². The van der Waals surface area contributed by atoms with Gasteiger partial charge in [0.25, 0.3) is 5.91 Å². The number of rotatable bonds is 3. The van der Waals surface area contributed by atoms with Crippen molar-refractivity contribution in [3.05, 3.63) is 68.8 Å². The minimum absolute atomic E-state index is 0.210. The molecule has 0 atom stereocenters. The number of hydrazone groups is 1. The van der Waals surface area contributed by atoms with Gasteiger partial charge in [0.2, 0.25) is 0 Å². The molecule has 1 heterocycles. The summed E-state index contributed by atoms with van der Waals surface area (Å²) < 4.78 is 1.03. The largest absolute Gasteiger partial charge is 0.271 e. The zero-order valence-electron chi connectivity index (χ0n) is 10.9. The monoisotopic (exact) mass is 358 g/mol. The van der Waals surface area contributed by atoms with Gasteiger partial charge in [0.05, 0.1) is 10.0 Å². The molecule has 0 aliphatic carbocycles. The Morgan fingerprint density at radius 2 is 1.90 bits per heavy atom. The van der Waals surface area contributed by atoms with Crippen LogP contribution >= 0.6 is 27.3 Å². The van der Waals surface area contributed by atoms with Gasteiger partial charge in [0.1, 0.15) is 0 Å². The van der Waals surface area contributed by atoms with Crippen LogP contribution in [0, 0.1) is 0 Å². The van der Waals surface area contributed by atoms with Crippen LogP contribution in [-0.4, -0.2) is 12.1 Å². The predicted octanol–water partition coefficient (Wildman–Crippen LogP) is 4.43. The van der Waals surface area contributed by atoms with Gasteiger partial charge in [-0.25, -0.2) is 5.43 Å². The van der Waals surface area contributed by atoms with E-state index in [0.717, 1.165) is 19.4 Å². The molecule has 5 heteroatoms. The number of nitrogens with one attached hydrogen (secondary N) is 1. The lowest BCUT2D eigenvalue weighted by Gasteiger charge is -2.04. The smallest absolute Gasteiger partial charge is 0.267 e. The van der Waals surface area contributed by atoms with E-state index < -0.39 is 0 Å². The van der Waals surface area contributed by atoms with E-state index in [1.807, 2.05) is 48.5 Å². The number of nitrogens with zero attached hydrogens (tertiary/aromatic N) is 1. The first-order valence-electron chi connectivity index (χ1n) is 6.30. The van der Waals surface area contributed by atoms with Crippen LogP contribution in [0.2, 0.25) is 0 Å². The van der Waals surface area contributed by atoms with Gasteiger partial charge >= 0.3 is 0 Å². The highest BCUT2D eigenvalue weighted by Gasteiger charge is 2.08. The van der Waals surface area contributed by atoms with E-state index in [1.165, 1.54) is 0 Å². The van der Waals surface area contributed by atoms with Crippen molar-refractivity contribution >= 4 is 50.2 Å². The molecule has 0 fully saturated rings. The van der Waals surface area contributed by atoms with Crippen molar-refractivity contribution in [3.63, 3.8) is 0 Å². The van der Waals surface area contributed by atoms with Crippen LogP contribution in [0.1, 0.15) is 15.2 Å². The quantitative estimate of drug-likeness (QED) is 0.546. The molecule has 1 N–H and O–H groups in total. The average Bonchev–Trinajstić information content (AvgIpc) is 2.92. The summed E-state index contributed by atoms with van der Waals surface area (Å²) in [5.74, 6) is -0.210. The third-order valence-electron chi connectivity index (χ3n) is 2.99. The lowest BCUT2D eigenvalue weighted by molar-refractivity contribution is 0.0957. The van der Waals surface area contributed by atoms with Gasteiger partial charge in [-0.15, -0.1) is 11.3 Å². The van der Waals surface area contributed by atoms with Crippen LogP contribution in [0.25, 0.3) is 10.8 Å². The summed E-state index contributed by atoms with van der Waals surface area (Å²) >= 11 is 4.94. The third kappa shape index (κ3) is 3.20. The number of fused-ring (bicyclic) bond motifs is 1. The van der Waals surface area contributed by atoms with Crippen LogP contribution in [-0.2, 0) is 0 Å². The van der Waals surface area contributed by atoms with E-state index in [9.17, 15) is 4.79 Å². The zero-order valence-corrected chi connectivity index (χ0v) is 13.3. The van der Waals surface area contributed by atoms with E-state index in [1.54, 1.807) is 23.6 Å². The maximum absolute atomic E-state index is 12.2. The highest BCUT2D eigenvalue weighted by atomic mass is 79.9. The molecule has 0 saturated heterocycles. The van der Waals surface area contributed by atoms with E-state index in [4.69, 9.17) is 0 Å². The highest BCUT2D eigenvalue weighted by Crippen LogP contribution is 2.20. The molecule has 0 spiro atoms. The second-order valence-electron chi connectivity index (χ2n) is 4.37. The number of amides is 1. The molecular formula is C16H11BrN2OS. The Labute approximate surface area is 134 Å². The van der Waals surface area contributed by atoms with Crippen molar-refractivity contribution in [1.29, 1.82) is 0 Å². The molecule has 21 heavy (non-hydrogen) atoms. The first-order valence-corrected chi connectivity index (χ1v) is 7.91. The van der Waals surface area contributed by atoms with Crippen molar-refractivity contribution in [2.75, 3.05) is 0 Å². The van der Waals surface area contributed by atoms with Gasteiger partial charge < -0.3 is 0 Å². The minimum Gasteiger partial charge on any atom is -0.267 e. The van der Waals surface area contributed by atoms with Crippen molar-refractivity contribution in [2.24, 2.45) is 5.10 Å². The summed E-state index contributed by atoms with van der Waals surface area (Å²) in [5.41, 5.74) is 3.19. The number of benzene rings is 2. The predicted molar refractivity (Wildman–Crippen MR) is 91.0 cm³/mol. The van der Waals surface area contributed by atoms with Gasteiger partial charge in [0.15, 0.2) is 0 Å². The normalized spacial score (nSPS) is 11.1. The maximum atomic E-state index is 12.2. The first kappa shape index (κ1) is 14.0. The summed E-state index contributed by atoms with van der Waals surface area (Å²) in [4.78, 5) is 13.2. The standard InChI is InChI=1S/C16H11BrN2OS/c17-15-9-8-12(21-15)10-18-19-16(20)14-7-3-5-11-4-1-2-6-13(11)14/h1-10H,(H,19,20)/b18-10+. The van der Waals surface area contributed by atoms with Crippen molar-refractivity contribution in [1.82, 2.24) is 5.43 Å². The average molecular weight is 359 g/mol. The van der Waals surface area contributed by atoms with E-state index in [0.29, 0.717) is 5.56 Å². The molecule has 0 unspecified atom stereocenters. The molecule has 0 radical (unpaired) electrons. The fourth-order valence-electron chi connectivity index (χ4n) is 2.04. The minimum atomic E-state index is -0.210. The van der Waals surface area contributed by atoms with Crippen LogP contribution in [0.5, 0.6) is 0 Å². The third-order valence-corrected chi connectivity index (χ3v) is 4.54. The Hall–Kier alpha value is -1.98. The first-order chi connectivity index (χ1) is 10.2. The molecule has 0 bridgehead atoms. The summed E-state index contributed by atoms with van der Waals surface area (Å²) in [6.45, 7) is 0. The SMILES string of the molecule is O=C(N/N=C/c1ccc(Br)s1)c1cccc2ccccc12. The van der Waals surface area contributed by atoms with Crippen molar-refractivity contribution in [2.45, 2.75) is 0 Å². The second kappa shape index (κ2) is 6.20. The maximum Gasteiger partial charge on any atom is 0.271 e. The van der Waals surface area contributed by atoms with Gasteiger partial charge in [-0.1, -0.05) is 36.4 Å². The summed E-state index contributed by atoms with van der Waals surface area (Å²) in [6, 6.07) is 17.3. The van der Waals surface area contributed by atoms with Crippen LogP contribution in [0.4, 0.5) is 0 Å². The molecular weight excluding hydrogens is 348 g/mol. The molecule has 1 aromatic heterocycles. The summed E-state index contributed by atoms with van der Waals surface area (Å²) in [5, 5.41) is 5.96. The Morgan fingerprint density at radius 1 is 1.10 bits per heavy atom. The topological polar surface area (TPSA) is 41.5 Å². The number of hydrogen-bond donors (Lipinski definition) is 1. The zero-order chi connectivity index (χ0) is 14.7. The molecule has 0 aliphatic rings. The van der Waals surface area contributed by atoms with Crippen molar-refractivity contribution in [3.8, 4) is 0 Å². The number of hydrogen-bond acceptors (Lipinski definition) is 3.